The molecule has 3 rings (SSSR count). The summed E-state index contributed by atoms with van der Waals surface area (Å²) >= 11 is 0. The number of rotatable bonds is 5. The van der Waals surface area contributed by atoms with Gasteiger partial charge in [0, 0.05) is 23.2 Å². The van der Waals surface area contributed by atoms with E-state index in [2.05, 4.69) is 9.97 Å². The molecule has 3 aromatic rings. The predicted octanol–water partition coefficient (Wildman–Crippen LogP) is 3.19. The van der Waals surface area contributed by atoms with Crippen LogP contribution in [0.5, 0.6) is 0 Å². The van der Waals surface area contributed by atoms with Crippen molar-refractivity contribution in [2.24, 2.45) is 0 Å². The lowest BCUT2D eigenvalue weighted by atomic mass is 10.1. The van der Waals surface area contributed by atoms with Crippen LogP contribution in [0.1, 0.15) is 35.6 Å². The zero-order valence-electron chi connectivity index (χ0n) is 15.8. The van der Waals surface area contributed by atoms with Gasteiger partial charge >= 0.3 is 0 Å². The number of aromatic amines is 1. The summed E-state index contributed by atoms with van der Waals surface area (Å²) in [7, 11) is 0. The number of carbonyl (C=O) groups is 1. The van der Waals surface area contributed by atoms with Crippen LogP contribution in [0.2, 0.25) is 0 Å². The zero-order chi connectivity index (χ0) is 20.4. The highest BCUT2D eigenvalue weighted by atomic mass is 16.6. The molecule has 0 saturated heterocycles. The number of para-hydroxylation sites is 1. The van der Waals surface area contributed by atoms with E-state index in [1.807, 2.05) is 13.8 Å². The molecule has 28 heavy (non-hydrogen) atoms. The molecule has 8 nitrogen and oxygen atoms in total. The quantitative estimate of drug-likeness (QED) is 0.540. The number of aromatic nitrogens is 2. The third-order valence-electron chi connectivity index (χ3n) is 4.51. The number of benzene rings is 2. The van der Waals surface area contributed by atoms with Crippen LogP contribution in [-0.4, -0.2) is 31.7 Å². The summed E-state index contributed by atoms with van der Waals surface area (Å²) in [6.07, 6.45) is 0. The van der Waals surface area contributed by atoms with E-state index in [1.165, 1.54) is 18.2 Å². The molecule has 0 aliphatic carbocycles. The number of fused-ring (bicyclic) bond motifs is 1. The summed E-state index contributed by atoms with van der Waals surface area (Å²) in [5, 5.41) is 11.5. The van der Waals surface area contributed by atoms with Gasteiger partial charge in [-0.2, -0.15) is 0 Å². The van der Waals surface area contributed by atoms with Crippen LogP contribution in [0.3, 0.4) is 0 Å². The van der Waals surface area contributed by atoms with Gasteiger partial charge in [0.25, 0.3) is 17.2 Å². The third-order valence-corrected chi connectivity index (χ3v) is 4.51. The minimum Gasteiger partial charge on any atom is -0.329 e. The van der Waals surface area contributed by atoms with Gasteiger partial charge in [-0.3, -0.25) is 19.7 Å². The molecule has 0 spiro atoms. The first kappa shape index (κ1) is 19.2. The number of hydrogen-bond acceptors (Lipinski definition) is 5. The molecule has 1 heterocycles. The third kappa shape index (κ3) is 3.75. The monoisotopic (exact) mass is 380 g/mol. The van der Waals surface area contributed by atoms with Crippen molar-refractivity contribution in [2.75, 3.05) is 0 Å². The van der Waals surface area contributed by atoms with Crippen LogP contribution in [0.25, 0.3) is 10.9 Å². The van der Waals surface area contributed by atoms with E-state index < -0.39 is 4.92 Å². The average Bonchev–Trinajstić information content (AvgIpc) is 2.65. The minimum atomic E-state index is -0.479. The van der Waals surface area contributed by atoms with Crippen LogP contribution in [0.4, 0.5) is 5.69 Å². The van der Waals surface area contributed by atoms with Crippen molar-refractivity contribution >= 4 is 22.5 Å². The van der Waals surface area contributed by atoms with Crippen LogP contribution in [0, 0.1) is 17.0 Å². The van der Waals surface area contributed by atoms with E-state index in [0.29, 0.717) is 27.9 Å². The SMILES string of the molecule is Cc1cc(C(=O)N(Cc2nc3ccccc3c(=O)[nH]2)C(C)C)ccc1[N+](=O)[O-]. The Morgan fingerprint density at radius 2 is 1.96 bits per heavy atom. The molecule has 144 valence electrons. The Morgan fingerprint density at radius 1 is 1.25 bits per heavy atom. The molecule has 0 unspecified atom stereocenters. The maximum Gasteiger partial charge on any atom is 0.272 e. The smallest absolute Gasteiger partial charge is 0.272 e. The molecule has 0 atom stereocenters. The molecule has 1 amide bonds. The highest BCUT2D eigenvalue weighted by Crippen LogP contribution is 2.21. The number of carbonyl (C=O) groups excluding carboxylic acids is 1. The second-order valence-electron chi connectivity index (χ2n) is 6.81. The number of aryl methyl sites for hydroxylation is 1. The Hall–Kier alpha value is -3.55. The van der Waals surface area contributed by atoms with Crippen molar-refractivity contribution in [2.45, 2.75) is 33.4 Å². The Balaban J connectivity index is 1.94. The molecule has 0 aliphatic rings. The second kappa shape index (κ2) is 7.59. The van der Waals surface area contributed by atoms with Gasteiger partial charge in [-0.05, 0) is 45.0 Å². The molecule has 1 aromatic heterocycles. The molecule has 0 bridgehead atoms. The molecule has 1 N–H and O–H groups in total. The number of nitrogens with one attached hydrogen (secondary N) is 1. The first-order chi connectivity index (χ1) is 13.3. The zero-order valence-corrected chi connectivity index (χ0v) is 15.8. The van der Waals surface area contributed by atoms with Crippen molar-refractivity contribution in [3.05, 3.63) is 79.9 Å². The van der Waals surface area contributed by atoms with Crippen LogP contribution >= 0.6 is 0 Å². The van der Waals surface area contributed by atoms with E-state index in [1.54, 1.807) is 36.1 Å². The van der Waals surface area contributed by atoms with Gasteiger partial charge in [0.05, 0.1) is 22.4 Å². The number of nitro groups is 1. The van der Waals surface area contributed by atoms with Crippen molar-refractivity contribution in [1.29, 1.82) is 0 Å². The van der Waals surface area contributed by atoms with Crippen molar-refractivity contribution in [3.63, 3.8) is 0 Å². The average molecular weight is 380 g/mol. The summed E-state index contributed by atoms with van der Waals surface area (Å²) in [5.74, 6) is 0.0909. The van der Waals surface area contributed by atoms with E-state index in [-0.39, 0.29) is 29.7 Å². The maximum absolute atomic E-state index is 13.0. The standard InChI is InChI=1S/C20H20N4O4/c1-12(2)23(20(26)14-8-9-17(24(27)28)13(3)10-14)11-18-21-16-7-5-4-6-15(16)19(25)22-18/h4-10,12H,11H2,1-3H3,(H,21,22,25). The van der Waals surface area contributed by atoms with Gasteiger partial charge in [0.1, 0.15) is 5.82 Å². The number of nitrogens with zero attached hydrogens (tertiary/aromatic N) is 3. The molecule has 2 aromatic carbocycles. The van der Waals surface area contributed by atoms with E-state index in [9.17, 15) is 19.7 Å². The summed E-state index contributed by atoms with van der Waals surface area (Å²) in [6.45, 7) is 5.42. The summed E-state index contributed by atoms with van der Waals surface area (Å²) in [6, 6.07) is 11.1. The largest absolute Gasteiger partial charge is 0.329 e. The van der Waals surface area contributed by atoms with Gasteiger partial charge in [0.15, 0.2) is 0 Å². The molecule has 0 radical (unpaired) electrons. The van der Waals surface area contributed by atoms with E-state index in [0.717, 1.165) is 0 Å². The van der Waals surface area contributed by atoms with Crippen molar-refractivity contribution < 1.29 is 9.72 Å². The fourth-order valence-corrected chi connectivity index (χ4v) is 3.02. The van der Waals surface area contributed by atoms with Gasteiger partial charge in [-0.1, -0.05) is 12.1 Å². The van der Waals surface area contributed by atoms with Gasteiger partial charge in [-0.25, -0.2) is 4.98 Å². The maximum atomic E-state index is 13.0. The number of hydrogen-bond donors (Lipinski definition) is 1. The lowest BCUT2D eigenvalue weighted by Crippen LogP contribution is -2.37. The van der Waals surface area contributed by atoms with Crippen molar-refractivity contribution in [1.82, 2.24) is 14.9 Å². The van der Waals surface area contributed by atoms with Gasteiger partial charge in [-0.15, -0.1) is 0 Å². The number of amides is 1. The summed E-state index contributed by atoms with van der Waals surface area (Å²) < 4.78 is 0. The molecule has 0 fully saturated rings. The summed E-state index contributed by atoms with van der Waals surface area (Å²) in [4.78, 5) is 44.5. The highest BCUT2D eigenvalue weighted by Gasteiger charge is 2.22. The van der Waals surface area contributed by atoms with Gasteiger partial charge < -0.3 is 9.88 Å². The predicted molar refractivity (Wildman–Crippen MR) is 105 cm³/mol. The highest BCUT2D eigenvalue weighted by molar-refractivity contribution is 5.95. The fourth-order valence-electron chi connectivity index (χ4n) is 3.02. The van der Waals surface area contributed by atoms with Crippen LogP contribution in [-0.2, 0) is 6.54 Å². The number of H-pyrrole nitrogens is 1. The molecular formula is C20H20N4O4. The van der Waals surface area contributed by atoms with Crippen LogP contribution < -0.4 is 5.56 Å². The van der Waals surface area contributed by atoms with Gasteiger partial charge in [0.2, 0.25) is 0 Å². The summed E-state index contributed by atoms with van der Waals surface area (Å²) in [5.41, 5.74) is 1.02. The first-order valence-electron chi connectivity index (χ1n) is 8.82. The van der Waals surface area contributed by atoms with Crippen LogP contribution in [0.15, 0.2) is 47.3 Å². The molecule has 0 saturated carbocycles. The molecular weight excluding hydrogens is 360 g/mol. The van der Waals surface area contributed by atoms with E-state index >= 15 is 0 Å². The molecule has 0 aliphatic heterocycles. The Labute approximate surface area is 161 Å². The minimum absolute atomic E-state index is 0.0341. The topological polar surface area (TPSA) is 109 Å². The van der Waals surface area contributed by atoms with E-state index in [4.69, 9.17) is 0 Å². The Morgan fingerprint density at radius 3 is 2.61 bits per heavy atom. The normalized spacial score (nSPS) is 11.0. The lowest BCUT2D eigenvalue weighted by Gasteiger charge is -2.26. The first-order valence-corrected chi connectivity index (χ1v) is 8.82. The second-order valence-corrected chi connectivity index (χ2v) is 6.81. The number of nitro benzene ring substituents is 1. The lowest BCUT2D eigenvalue weighted by molar-refractivity contribution is -0.385. The fraction of sp³-hybridized carbons (Fsp3) is 0.250. The Kier molecular flexibility index (Phi) is 5.21. The molecule has 8 heteroatoms. The Bertz CT molecular complexity index is 1120. The van der Waals surface area contributed by atoms with Crippen molar-refractivity contribution in [3.8, 4) is 0 Å².